The molecule has 1 heterocycles. The van der Waals surface area contributed by atoms with Gasteiger partial charge in [-0.3, -0.25) is 0 Å². The van der Waals surface area contributed by atoms with Crippen LogP contribution in [-0.4, -0.2) is 31.7 Å². The molecule has 0 fully saturated rings. The van der Waals surface area contributed by atoms with Gasteiger partial charge in [0.25, 0.3) is 0 Å². The van der Waals surface area contributed by atoms with Gasteiger partial charge >= 0.3 is 0 Å². The molecule has 0 aliphatic carbocycles. The van der Waals surface area contributed by atoms with Crippen molar-refractivity contribution in [3.05, 3.63) is 64.7 Å². The first-order valence-electron chi connectivity index (χ1n) is 14.1. The lowest BCUT2D eigenvalue weighted by molar-refractivity contribution is -0.890. The van der Waals surface area contributed by atoms with Crippen LogP contribution in [0.25, 0.3) is 5.57 Å². The summed E-state index contributed by atoms with van der Waals surface area (Å²) in [5.74, 6) is 0. The maximum atomic E-state index is 6.38. The van der Waals surface area contributed by atoms with Gasteiger partial charge in [0.15, 0.2) is 0 Å². The van der Waals surface area contributed by atoms with Crippen molar-refractivity contribution in [1.29, 1.82) is 0 Å². The van der Waals surface area contributed by atoms with Gasteiger partial charge in [-0.25, -0.2) is 0 Å². The molecule has 200 valence electrons. The van der Waals surface area contributed by atoms with E-state index in [1.165, 1.54) is 117 Å². The maximum absolute atomic E-state index is 6.38. The van der Waals surface area contributed by atoms with Crippen LogP contribution in [0.15, 0.2) is 58.3 Å². The Bertz CT molecular complexity index is 940. The molecule has 0 saturated heterocycles. The third-order valence-corrected chi connectivity index (χ3v) is 8.72. The third-order valence-electron chi connectivity index (χ3n) is 7.33. The highest BCUT2D eigenvalue weighted by molar-refractivity contribution is 7.99. The second-order valence-corrected chi connectivity index (χ2v) is 12.4. The van der Waals surface area contributed by atoms with Crippen molar-refractivity contribution in [2.45, 2.75) is 100 Å². The number of fused-ring (bicyclic) bond motifs is 2. The molecular weight excluding hydrogens is 546 g/mol. The Morgan fingerprint density at radius 3 is 1.97 bits per heavy atom. The fraction of sp³-hybridized carbons (Fsp3) is 0.562. The molecule has 3 rings (SSSR count). The Kier molecular flexibility index (Phi) is 14.8. The molecule has 0 aromatic heterocycles. The fourth-order valence-electron chi connectivity index (χ4n) is 5.11. The quantitative estimate of drug-likeness (QED) is 0.123. The lowest BCUT2D eigenvalue weighted by Crippen LogP contribution is -3.00. The number of quaternary nitrogens is 1. The number of rotatable bonds is 16. The maximum Gasteiger partial charge on any atom is 0.0817 e. The minimum atomic E-state index is 0. The van der Waals surface area contributed by atoms with Gasteiger partial charge in [0.2, 0.25) is 0 Å². The summed E-state index contributed by atoms with van der Waals surface area (Å²) in [7, 11) is 4.79. The standard InChI is InChI=1S/C32H47ClNS.BrH/c1-4-5-6-7-8-9-10-11-12-13-14-17-24-34(2,3)25-18-20-28-29-19-15-16-21-31(29)35-32-23-22-27(33)26-30(28)32;/h15-16,19-23,26H,4-14,17-18,24-25H2,1-3H3;1H/q+1;/p-1/b28-20-;. The smallest absolute Gasteiger partial charge is 0.0817 e. The van der Waals surface area contributed by atoms with Gasteiger partial charge < -0.3 is 21.5 Å². The molecule has 0 radical (unpaired) electrons. The summed E-state index contributed by atoms with van der Waals surface area (Å²) >= 11 is 8.23. The highest BCUT2D eigenvalue weighted by Gasteiger charge is 2.21. The zero-order chi connectivity index (χ0) is 24.9. The van der Waals surface area contributed by atoms with Crippen LogP contribution < -0.4 is 17.0 Å². The van der Waals surface area contributed by atoms with E-state index in [9.17, 15) is 0 Å². The van der Waals surface area contributed by atoms with E-state index in [-0.39, 0.29) is 17.0 Å². The molecule has 0 amide bonds. The highest BCUT2D eigenvalue weighted by atomic mass is 79.9. The molecule has 0 spiro atoms. The van der Waals surface area contributed by atoms with E-state index in [2.05, 4.69) is 63.5 Å². The Labute approximate surface area is 241 Å². The van der Waals surface area contributed by atoms with Crippen LogP contribution in [0.4, 0.5) is 0 Å². The summed E-state index contributed by atoms with van der Waals surface area (Å²) in [4.78, 5) is 2.66. The van der Waals surface area contributed by atoms with Crippen molar-refractivity contribution in [1.82, 2.24) is 0 Å². The zero-order valence-corrected chi connectivity index (χ0v) is 26.0. The van der Waals surface area contributed by atoms with Gasteiger partial charge in [0.05, 0.1) is 27.2 Å². The van der Waals surface area contributed by atoms with Crippen molar-refractivity contribution in [3.8, 4) is 0 Å². The first-order valence-corrected chi connectivity index (χ1v) is 15.3. The monoisotopic (exact) mass is 591 g/mol. The van der Waals surface area contributed by atoms with Gasteiger partial charge in [0.1, 0.15) is 0 Å². The summed E-state index contributed by atoms with van der Waals surface area (Å²) in [6, 6.07) is 15.1. The van der Waals surface area contributed by atoms with E-state index in [0.29, 0.717) is 0 Å². The van der Waals surface area contributed by atoms with Crippen molar-refractivity contribution >= 4 is 28.9 Å². The molecule has 2 aromatic rings. The number of benzene rings is 2. The number of hydrogen-bond acceptors (Lipinski definition) is 1. The van der Waals surface area contributed by atoms with Crippen molar-refractivity contribution in [2.75, 3.05) is 27.2 Å². The zero-order valence-electron chi connectivity index (χ0n) is 22.8. The normalized spacial score (nSPS) is 13.8. The summed E-state index contributed by atoms with van der Waals surface area (Å²) < 4.78 is 1.10. The first-order chi connectivity index (χ1) is 17.0. The van der Waals surface area contributed by atoms with Gasteiger partial charge in [-0.15, -0.1) is 0 Å². The number of unbranched alkanes of at least 4 members (excludes halogenated alkanes) is 11. The Morgan fingerprint density at radius 1 is 0.722 bits per heavy atom. The number of hydrogen-bond donors (Lipinski definition) is 0. The van der Waals surface area contributed by atoms with E-state index in [1.807, 2.05) is 17.8 Å². The van der Waals surface area contributed by atoms with Crippen LogP contribution in [0.2, 0.25) is 5.02 Å². The average molecular weight is 593 g/mol. The molecule has 0 atom stereocenters. The fourth-order valence-corrected chi connectivity index (χ4v) is 6.37. The molecule has 4 heteroatoms. The van der Waals surface area contributed by atoms with E-state index < -0.39 is 0 Å². The van der Waals surface area contributed by atoms with Gasteiger partial charge in [-0.1, -0.05) is 119 Å². The van der Waals surface area contributed by atoms with Gasteiger partial charge in [-0.2, -0.15) is 0 Å². The summed E-state index contributed by atoms with van der Waals surface area (Å²) in [6.45, 7) is 4.74. The van der Waals surface area contributed by atoms with Gasteiger partial charge in [0, 0.05) is 21.2 Å². The summed E-state index contributed by atoms with van der Waals surface area (Å²) in [5, 5.41) is 0.817. The molecule has 0 bridgehead atoms. The van der Waals surface area contributed by atoms with Crippen LogP contribution in [0, 0.1) is 0 Å². The molecule has 0 saturated carbocycles. The Balaban J connectivity index is 0.00000456. The Hall–Kier alpha value is -0.740. The molecule has 1 nitrogen and oxygen atoms in total. The topological polar surface area (TPSA) is 0 Å². The molecule has 2 aromatic carbocycles. The van der Waals surface area contributed by atoms with Crippen molar-refractivity contribution in [2.24, 2.45) is 0 Å². The highest BCUT2D eigenvalue weighted by Crippen LogP contribution is 2.46. The van der Waals surface area contributed by atoms with E-state index in [4.69, 9.17) is 11.6 Å². The van der Waals surface area contributed by atoms with E-state index in [1.54, 1.807) is 0 Å². The largest absolute Gasteiger partial charge is 1.00 e. The molecule has 0 N–H and O–H groups in total. The molecule has 1 aliphatic heterocycles. The minimum absolute atomic E-state index is 0. The van der Waals surface area contributed by atoms with Crippen molar-refractivity contribution in [3.63, 3.8) is 0 Å². The van der Waals surface area contributed by atoms with E-state index >= 15 is 0 Å². The van der Waals surface area contributed by atoms with Crippen LogP contribution in [-0.2, 0) is 0 Å². The molecule has 1 aliphatic rings. The molecular formula is C32H47BrClNS. The third kappa shape index (κ3) is 10.6. The predicted octanol–water partition coefficient (Wildman–Crippen LogP) is 7.41. The average Bonchev–Trinajstić information content (AvgIpc) is 2.84. The SMILES string of the molecule is CCCCCCCCCCCCCC[N+](C)(C)CC/C=C1/c2ccccc2Sc2ccc(Cl)cc21.[Br-]. The Morgan fingerprint density at radius 2 is 1.31 bits per heavy atom. The van der Waals surface area contributed by atoms with Crippen molar-refractivity contribution < 1.29 is 21.5 Å². The molecule has 36 heavy (non-hydrogen) atoms. The van der Waals surface area contributed by atoms with Crippen LogP contribution in [0.3, 0.4) is 0 Å². The first kappa shape index (κ1) is 31.5. The van der Waals surface area contributed by atoms with Gasteiger partial charge in [-0.05, 0) is 53.8 Å². The predicted molar refractivity (Wildman–Crippen MR) is 157 cm³/mol. The van der Waals surface area contributed by atoms with Crippen LogP contribution >= 0.6 is 23.4 Å². The van der Waals surface area contributed by atoms with Crippen LogP contribution in [0.5, 0.6) is 0 Å². The number of halogens is 2. The van der Waals surface area contributed by atoms with E-state index in [0.717, 1.165) is 15.9 Å². The van der Waals surface area contributed by atoms with Crippen LogP contribution in [0.1, 0.15) is 102 Å². The second-order valence-electron chi connectivity index (χ2n) is 10.9. The minimum Gasteiger partial charge on any atom is -1.00 e. The molecule has 0 unspecified atom stereocenters. The lowest BCUT2D eigenvalue weighted by Gasteiger charge is -2.30. The summed E-state index contributed by atoms with van der Waals surface area (Å²) in [6.07, 6.45) is 20.5. The summed E-state index contributed by atoms with van der Waals surface area (Å²) in [5.41, 5.74) is 3.98. The number of nitrogens with zero attached hydrogens (tertiary/aromatic N) is 1. The lowest BCUT2D eigenvalue weighted by atomic mass is 9.96. The second kappa shape index (κ2) is 17.0.